The second kappa shape index (κ2) is 9.21. The highest BCUT2D eigenvalue weighted by Gasteiger charge is 2.23. The number of nitrogens with zero attached hydrogens (tertiary/aromatic N) is 1. The summed E-state index contributed by atoms with van der Waals surface area (Å²) in [4.78, 5) is 12.6. The van der Waals surface area contributed by atoms with Crippen molar-refractivity contribution >= 4 is 15.7 Å². The van der Waals surface area contributed by atoms with Crippen LogP contribution in [0.2, 0.25) is 0 Å². The number of hydrogen-bond donors (Lipinski definition) is 2. The van der Waals surface area contributed by atoms with Gasteiger partial charge in [0.05, 0.1) is 17.0 Å². The molecule has 2 aromatic rings. The monoisotopic (exact) mass is 411 g/mol. The first-order valence-corrected chi connectivity index (χ1v) is 11.6. The second-order valence-electron chi connectivity index (χ2n) is 7.39. The third-order valence-electron chi connectivity index (χ3n) is 5.11. The Labute approximate surface area is 171 Å². The van der Waals surface area contributed by atoms with Crippen molar-refractivity contribution in [2.75, 3.05) is 12.8 Å². The van der Waals surface area contributed by atoms with E-state index in [0.717, 1.165) is 42.5 Å². The molecule has 0 bridgehead atoms. The minimum Gasteiger partial charge on any atom is -0.339 e. The lowest BCUT2D eigenvalue weighted by Crippen LogP contribution is -2.49. The number of sulfone groups is 1. The van der Waals surface area contributed by atoms with E-state index >= 15 is 0 Å². The number of piperidine rings is 1. The fourth-order valence-electron chi connectivity index (χ4n) is 3.44. The molecule has 6 nitrogen and oxygen atoms in total. The molecule has 1 saturated heterocycles. The number of carbonyl (C=O) groups is 1. The van der Waals surface area contributed by atoms with E-state index in [0.29, 0.717) is 6.42 Å². The van der Waals surface area contributed by atoms with Gasteiger partial charge in [-0.25, -0.2) is 8.42 Å². The van der Waals surface area contributed by atoms with Gasteiger partial charge in [-0.1, -0.05) is 42.8 Å². The molecule has 0 radical (unpaired) electrons. The molecular weight excluding hydrogens is 386 g/mol. The van der Waals surface area contributed by atoms with Gasteiger partial charge in [0.1, 0.15) is 6.04 Å². The Bertz CT molecular complexity index is 987. The summed E-state index contributed by atoms with van der Waals surface area (Å²) < 4.78 is 23.1. The molecule has 0 spiro atoms. The molecule has 2 N–H and O–H groups in total. The van der Waals surface area contributed by atoms with Gasteiger partial charge >= 0.3 is 0 Å². The predicted molar refractivity (Wildman–Crippen MR) is 112 cm³/mol. The van der Waals surface area contributed by atoms with Gasteiger partial charge in [0.15, 0.2) is 9.84 Å². The normalized spacial score (nSPS) is 17.9. The average Bonchev–Trinajstić information content (AvgIpc) is 2.74. The van der Waals surface area contributed by atoms with E-state index < -0.39 is 15.9 Å². The Morgan fingerprint density at radius 3 is 2.28 bits per heavy atom. The van der Waals surface area contributed by atoms with Gasteiger partial charge in [0, 0.05) is 12.7 Å². The van der Waals surface area contributed by atoms with Crippen molar-refractivity contribution in [2.45, 2.75) is 42.7 Å². The summed E-state index contributed by atoms with van der Waals surface area (Å²) in [6.07, 6.45) is 4.52. The standard InChI is InChI=1S/C22H25N3O3S/c1-29(27,28)20-11-9-18(10-12-20)17-7-5-16(6-8-17)14-19(15-23)25-22(26)21-4-2-3-13-24-21/h5-12,19,21,24H,2-4,13-14H2,1H3,(H,25,26)/t19-,21-/m0/s1. The van der Waals surface area contributed by atoms with Gasteiger partial charge in [-0.3, -0.25) is 4.79 Å². The van der Waals surface area contributed by atoms with Crippen LogP contribution in [0.25, 0.3) is 11.1 Å². The van der Waals surface area contributed by atoms with E-state index in [1.54, 1.807) is 24.3 Å². The molecule has 0 saturated carbocycles. The first kappa shape index (κ1) is 21.0. The maximum atomic E-state index is 12.3. The van der Waals surface area contributed by atoms with Crippen LogP contribution in [-0.2, 0) is 21.1 Å². The number of rotatable bonds is 6. The third kappa shape index (κ3) is 5.66. The van der Waals surface area contributed by atoms with Gasteiger partial charge in [0.2, 0.25) is 5.91 Å². The Morgan fingerprint density at radius 2 is 1.76 bits per heavy atom. The molecule has 0 unspecified atom stereocenters. The summed E-state index contributed by atoms with van der Waals surface area (Å²) in [7, 11) is -3.21. The average molecular weight is 412 g/mol. The molecule has 1 aliphatic rings. The van der Waals surface area contributed by atoms with Gasteiger partial charge in [-0.15, -0.1) is 0 Å². The maximum absolute atomic E-state index is 12.3. The number of nitriles is 1. The van der Waals surface area contributed by atoms with E-state index in [4.69, 9.17) is 0 Å². The lowest BCUT2D eigenvalue weighted by molar-refractivity contribution is -0.124. The summed E-state index contributed by atoms with van der Waals surface area (Å²) in [6.45, 7) is 0.835. The molecule has 3 rings (SSSR count). The molecule has 2 aromatic carbocycles. The summed E-state index contributed by atoms with van der Waals surface area (Å²) in [5.41, 5.74) is 2.82. The third-order valence-corrected chi connectivity index (χ3v) is 6.24. The molecule has 1 aliphatic heterocycles. The molecule has 152 valence electrons. The van der Waals surface area contributed by atoms with Crippen LogP contribution in [0.15, 0.2) is 53.4 Å². The van der Waals surface area contributed by atoms with Crippen molar-refractivity contribution < 1.29 is 13.2 Å². The molecule has 1 fully saturated rings. The first-order chi connectivity index (χ1) is 13.9. The largest absolute Gasteiger partial charge is 0.339 e. The molecule has 29 heavy (non-hydrogen) atoms. The molecule has 1 amide bonds. The Balaban J connectivity index is 1.63. The molecule has 7 heteroatoms. The summed E-state index contributed by atoms with van der Waals surface area (Å²) in [5, 5.41) is 15.4. The lowest BCUT2D eigenvalue weighted by Gasteiger charge is -2.23. The minimum atomic E-state index is -3.21. The number of carbonyl (C=O) groups excluding carboxylic acids is 1. The van der Waals surface area contributed by atoms with Crippen molar-refractivity contribution in [2.24, 2.45) is 0 Å². The van der Waals surface area contributed by atoms with Gasteiger partial charge in [0.25, 0.3) is 0 Å². The van der Waals surface area contributed by atoms with Gasteiger partial charge < -0.3 is 10.6 Å². The van der Waals surface area contributed by atoms with Crippen molar-refractivity contribution in [1.29, 1.82) is 5.26 Å². The minimum absolute atomic E-state index is 0.112. The summed E-state index contributed by atoms with van der Waals surface area (Å²) in [6, 6.07) is 15.9. The van der Waals surface area contributed by atoms with Crippen molar-refractivity contribution in [3.63, 3.8) is 0 Å². The number of hydrogen-bond acceptors (Lipinski definition) is 5. The quantitative estimate of drug-likeness (QED) is 0.761. The Hall–Kier alpha value is -2.69. The molecule has 0 aromatic heterocycles. The topological polar surface area (TPSA) is 99.1 Å². The van der Waals surface area contributed by atoms with Crippen LogP contribution < -0.4 is 10.6 Å². The number of amides is 1. The van der Waals surface area contributed by atoms with Crippen LogP contribution in [0, 0.1) is 11.3 Å². The molecular formula is C22H25N3O3S. The molecule has 1 heterocycles. The summed E-state index contributed by atoms with van der Waals surface area (Å²) in [5.74, 6) is -0.112. The highest BCUT2D eigenvalue weighted by atomic mass is 32.2. The fourth-order valence-corrected chi connectivity index (χ4v) is 4.07. The van der Waals surface area contributed by atoms with Crippen LogP contribution in [0.4, 0.5) is 0 Å². The van der Waals surface area contributed by atoms with Gasteiger partial charge in [-0.2, -0.15) is 5.26 Å². The number of benzene rings is 2. The SMILES string of the molecule is CS(=O)(=O)c1ccc(-c2ccc(C[C@@H](C#N)NC(=O)[C@@H]3CCCCN3)cc2)cc1. The first-order valence-electron chi connectivity index (χ1n) is 9.69. The second-order valence-corrected chi connectivity index (χ2v) is 9.41. The Kier molecular flexibility index (Phi) is 6.68. The van der Waals surface area contributed by atoms with E-state index in [9.17, 15) is 18.5 Å². The van der Waals surface area contributed by atoms with E-state index in [2.05, 4.69) is 16.7 Å². The zero-order chi connectivity index (χ0) is 20.9. The van der Waals surface area contributed by atoms with E-state index in [1.807, 2.05) is 24.3 Å². The number of nitrogens with one attached hydrogen (secondary N) is 2. The van der Waals surface area contributed by atoms with Gasteiger partial charge in [-0.05, 0) is 48.2 Å². The molecule has 0 aliphatic carbocycles. The molecule has 2 atom stereocenters. The van der Waals surface area contributed by atoms with Crippen molar-refractivity contribution in [3.05, 3.63) is 54.1 Å². The highest BCUT2D eigenvalue weighted by Crippen LogP contribution is 2.22. The van der Waals surface area contributed by atoms with Crippen LogP contribution in [-0.4, -0.2) is 39.2 Å². The van der Waals surface area contributed by atoms with E-state index in [1.165, 1.54) is 6.26 Å². The fraction of sp³-hybridized carbons (Fsp3) is 0.364. The van der Waals surface area contributed by atoms with Crippen LogP contribution in [0.3, 0.4) is 0 Å². The predicted octanol–water partition coefficient (Wildman–Crippen LogP) is 2.45. The van der Waals surface area contributed by atoms with E-state index in [-0.39, 0.29) is 16.8 Å². The van der Waals surface area contributed by atoms with Crippen LogP contribution in [0.5, 0.6) is 0 Å². The van der Waals surface area contributed by atoms with Crippen molar-refractivity contribution in [1.82, 2.24) is 10.6 Å². The van der Waals surface area contributed by atoms with Crippen LogP contribution in [0.1, 0.15) is 24.8 Å². The maximum Gasteiger partial charge on any atom is 0.238 e. The zero-order valence-electron chi connectivity index (χ0n) is 16.4. The van der Waals surface area contributed by atoms with Crippen LogP contribution >= 0.6 is 0 Å². The Morgan fingerprint density at radius 1 is 1.14 bits per heavy atom. The smallest absolute Gasteiger partial charge is 0.238 e. The lowest BCUT2D eigenvalue weighted by atomic mass is 10.00. The van der Waals surface area contributed by atoms with Crippen molar-refractivity contribution in [3.8, 4) is 17.2 Å². The zero-order valence-corrected chi connectivity index (χ0v) is 17.2. The summed E-state index contributed by atoms with van der Waals surface area (Å²) >= 11 is 0. The highest BCUT2D eigenvalue weighted by molar-refractivity contribution is 7.90.